The lowest BCUT2D eigenvalue weighted by Gasteiger charge is -2.23. The minimum absolute atomic E-state index is 0.102. The van der Waals surface area contributed by atoms with E-state index in [0.717, 1.165) is 60.2 Å². The number of hydrogen-bond acceptors (Lipinski definition) is 5. The second kappa shape index (κ2) is 7.59. The monoisotopic (exact) mass is 460 g/mol. The van der Waals surface area contributed by atoms with Crippen LogP contribution < -0.4 is 0 Å². The topological polar surface area (TPSA) is 63.8 Å². The number of nitrogens with zero attached hydrogens (tertiary/aromatic N) is 4. The number of hydrogen-bond donors (Lipinski definition) is 1. The van der Waals surface area contributed by atoms with Crippen molar-refractivity contribution in [3.63, 3.8) is 0 Å². The highest BCUT2D eigenvalue weighted by atomic mass is 32.2. The van der Waals surface area contributed by atoms with Crippen LogP contribution in [-0.2, 0) is 24.6 Å². The van der Waals surface area contributed by atoms with E-state index in [0.29, 0.717) is 12.1 Å². The van der Waals surface area contributed by atoms with E-state index in [-0.39, 0.29) is 16.8 Å². The van der Waals surface area contributed by atoms with Gasteiger partial charge in [0.2, 0.25) is 0 Å². The largest absolute Gasteiger partial charge is 0.417 e. The minimum Gasteiger partial charge on any atom is -0.395 e. The van der Waals surface area contributed by atoms with E-state index in [2.05, 4.69) is 26.7 Å². The van der Waals surface area contributed by atoms with Gasteiger partial charge in [0.1, 0.15) is 11.6 Å². The highest BCUT2D eigenvalue weighted by Crippen LogP contribution is 2.53. The molecule has 1 N–H and O–H groups in total. The Kier molecular flexibility index (Phi) is 5.09. The molecule has 0 saturated heterocycles. The van der Waals surface area contributed by atoms with Gasteiger partial charge < -0.3 is 9.67 Å². The Morgan fingerprint density at radius 1 is 1.09 bits per heavy atom. The van der Waals surface area contributed by atoms with E-state index in [1.54, 1.807) is 11.8 Å². The van der Waals surface area contributed by atoms with Crippen LogP contribution in [0.3, 0.4) is 0 Å². The maximum atomic E-state index is 12.8. The van der Waals surface area contributed by atoms with Crippen molar-refractivity contribution in [3.05, 3.63) is 65.4 Å². The molecule has 3 heterocycles. The average molecular weight is 461 g/mol. The molecule has 5 nitrogen and oxygen atoms in total. The highest BCUT2D eigenvalue weighted by molar-refractivity contribution is 8.00. The summed E-state index contributed by atoms with van der Waals surface area (Å²) in [6, 6.07) is 10.3. The first-order valence-electron chi connectivity index (χ1n) is 10.6. The second-order valence-electron chi connectivity index (χ2n) is 8.81. The molecule has 1 fully saturated rings. The summed E-state index contributed by atoms with van der Waals surface area (Å²) in [7, 11) is 0. The summed E-state index contributed by atoms with van der Waals surface area (Å²) >= 11 is 1.77. The standard InChI is InChI=1S/C23H23F3N4OS/c1-21(14-31)12-19-28-29-20(30(19)10-11-32-21)22(8-9-22)16-4-2-15(3-5-16)18-7-6-17(13-27-18)23(24,25)26/h2-7,13,31H,8-12,14H2,1H3. The Labute approximate surface area is 188 Å². The number of pyridine rings is 1. The molecule has 5 rings (SSSR count). The molecule has 1 aliphatic heterocycles. The first-order valence-corrected chi connectivity index (χ1v) is 11.5. The number of benzene rings is 1. The van der Waals surface area contributed by atoms with Crippen molar-refractivity contribution in [3.8, 4) is 11.3 Å². The molecule has 1 aromatic carbocycles. The summed E-state index contributed by atoms with van der Waals surface area (Å²) in [4.78, 5) is 3.99. The van der Waals surface area contributed by atoms with Gasteiger partial charge in [-0.15, -0.1) is 10.2 Å². The van der Waals surface area contributed by atoms with Crippen molar-refractivity contribution < 1.29 is 18.3 Å². The van der Waals surface area contributed by atoms with E-state index in [1.165, 1.54) is 6.07 Å². The molecular formula is C23H23F3N4OS. The highest BCUT2D eigenvalue weighted by Gasteiger charge is 2.50. The maximum absolute atomic E-state index is 12.8. The molecule has 0 bridgehead atoms. The zero-order chi connectivity index (χ0) is 22.6. The smallest absolute Gasteiger partial charge is 0.395 e. The third-order valence-corrected chi connectivity index (χ3v) is 7.82. The lowest BCUT2D eigenvalue weighted by atomic mass is 9.93. The predicted molar refractivity (Wildman–Crippen MR) is 116 cm³/mol. The maximum Gasteiger partial charge on any atom is 0.417 e. The summed E-state index contributed by atoms with van der Waals surface area (Å²) in [6.45, 7) is 2.97. The van der Waals surface area contributed by atoms with Gasteiger partial charge in [-0.3, -0.25) is 4.98 Å². The van der Waals surface area contributed by atoms with Crippen LogP contribution in [0.1, 0.15) is 42.5 Å². The summed E-state index contributed by atoms with van der Waals surface area (Å²) in [5, 5.41) is 18.8. The molecule has 1 aliphatic carbocycles. The van der Waals surface area contributed by atoms with Crippen molar-refractivity contribution in [2.45, 2.75) is 49.1 Å². The van der Waals surface area contributed by atoms with E-state index in [4.69, 9.17) is 0 Å². The molecule has 2 aliphatic rings. The van der Waals surface area contributed by atoms with Crippen LogP contribution in [0.5, 0.6) is 0 Å². The summed E-state index contributed by atoms with van der Waals surface area (Å²) < 4.78 is 40.3. The molecule has 1 unspecified atom stereocenters. The van der Waals surface area contributed by atoms with Gasteiger partial charge in [-0.25, -0.2) is 0 Å². The molecule has 1 atom stereocenters. The van der Waals surface area contributed by atoms with Crippen LogP contribution in [0, 0.1) is 0 Å². The van der Waals surface area contributed by atoms with Gasteiger partial charge in [0.15, 0.2) is 0 Å². The zero-order valence-corrected chi connectivity index (χ0v) is 18.4. The van der Waals surface area contributed by atoms with Gasteiger partial charge in [-0.1, -0.05) is 24.3 Å². The predicted octanol–water partition coefficient (Wildman–Crippen LogP) is 4.48. The third kappa shape index (κ3) is 3.71. The normalized spacial score (nSPS) is 22.3. The van der Waals surface area contributed by atoms with Gasteiger partial charge >= 0.3 is 6.18 Å². The quantitative estimate of drug-likeness (QED) is 0.622. The molecule has 32 heavy (non-hydrogen) atoms. The fourth-order valence-electron chi connectivity index (χ4n) is 4.38. The molecule has 168 valence electrons. The van der Waals surface area contributed by atoms with Crippen LogP contribution in [0.2, 0.25) is 0 Å². The number of aliphatic hydroxyl groups excluding tert-OH is 1. The summed E-state index contributed by atoms with van der Waals surface area (Å²) in [5.41, 5.74) is 1.48. The molecule has 0 amide bonds. The minimum atomic E-state index is -4.39. The van der Waals surface area contributed by atoms with Crippen molar-refractivity contribution in [2.24, 2.45) is 0 Å². The summed E-state index contributed by atoms with van der Waals surface area (Å²) in [5.74, 6) is 2.78. The molecule has 0 radical (unpaired) electrons. The number of rotatable bonds is 4. The van der Waals surface area contributed by atoms with Crippen molar-refractivity contribution in [1.82, 2.24) is 19.7 Å². The molecule has 2 aromatic heterocycles. The van der Waals surface area contributed by atoms with Gasteiger partial charge in [-0.2, -0.15) is 24.9 Å². The molecule has 1 saturated carbocycles. The Morgan fingerprint density at radius 2 is 1.84 bits per heavy atom. The van der Waals surface area contributed by atoms with Gasteiger partial charge in [-0.05, 0) is 37.5 Å². The second-order valence-corrected chi connectivity index (χ2v) is 10.5. The third-order valence-electron chi connectivity index (χ3n) is 6.46. The van der Waals surface area contributed by atoms with Crippen molar-refractivity contribution in [1.29, 1.82) is 0 Å². The first kappa shape index (κ1) is 21.5. The van der Waals surface area contributed by atoms with Crippen LogP contribution in [0.15, 0.2) is 42.6 Å². The lowest BCUT2D eigenvalue weighted by molar-refractivity contribution is -0.137. The Balaban J connectivity index is 1.42. The number of alkyl halides is 3. The fraction of sp³-hybridized carbons (Fsp3) is 0.435. The van der Waals surface area contributed by atoms with E-state index >= 15 is 0 Å². The number of aromatic nitrogens is 4. The number of thioether (sulfide) groups is 1. The van der Waals surface area contributed by atoms with Crippen LogP contribution in [0.4, 0.5) is 13.2 Å². The van der Waals surface area contributed by atoms with E-state index < -0.39 is 11.7 Å². The summed E-state index contributed by atoms with van der Waals surface area (Å²) in [6.07, 6.45) is -0.886. The zero-order valence-electron chi connectivity index (χ0n) is 17.6. The lowest BCUT2D eigenvalue weighted by Crippen LogP contribution is -2.28. The Morgan fingerprint density at radius 3 is 2.44 bits per heavy atom. The van der Waals surface area contributed by atoms with Gasteiger partial charge in [0.05, 0.1) is 23.3 Å². The van der Waals surface area contributed by atoms with Crippen LogP contribution in [-0.4, -0.2) is 42.0 Å². The van der Waals surface area contributed by atoms with Gasteiger partial charge in [0, 0.05) is 35.2 Å². The molecule has 0 spiro atoms. The molecule has 9 heteroatoms. The average Bonchev–Trinajstić information content (AvgIpc) is 3.53. The van der Waals surface area contributed by atoms with Crippen molar-refractivity contribution in [2.75, 3.05) is 12.4 Å². The van der Waals surface area contributed by atoms with E-state index in [1.807, 2.05) is 24.3 Å². The molecule has 3 aromatic rings. The van der Waals surface area contributed by atoms with Gasteiger partial charge in [0.25, 0.3) is 0 Å². The number of aliphatic hydroxyl groups is 1. The fourth-order valence-corrected chi connectivity index (χ4v) is 5.47. The SMILES string of the molecule is CC1(CO)Cc2nnc(C3(c4ccc(-c5ccc(C(F)(F)F)cn5)cc4)CC3)n2CCS1. The number of halogens is 3. The Bertz CT molecular complexity index is 1120. The first-order chi connectivity index (χ1) is 15.2. The Hall–Kier alpha value is -2.39. The number of fused-ring (bicyclic) bond motifs is 1. The van der Waals surface area contributed by atoms with Crippen molar-refractivity contribution >= 4 is 11.8 Å². The van der Waals surface area contributed by atoms with E-state index in [9.17, 15) is 18.3 Å². The molecular weight excluding hydrogens is 437 g/mol. The van der Waals surface area contributed by atoms with Crippen LogP contribution >= 0.6 is 11.8 Å². The van der Waals surface area contributed by atoms with Crippen LogP contribution in [0.25, 0.3) is 11.3 Å².